The predicted molar refractivity (Wildman–Crippen MR) is 88.1 cm³/mol. The van der Waals surface area contributed by atoms with Crippen LogP contribution in [0.25, 0.3) is 0 Å². The van der Waals surface area contributed by atoms with Gasteiger partial charge in [-0.25, -0.2) is 9.78 Å². The minimum atomic E-state index is -0.909. The molecule has 22 heavy (non-hydrogen) atoms. The second-order valence-corrected chi connectivity index (χ2v) is 6.99. The fourth-order valence-electron chi connectivity index (χ4n) is 2.13. The summed E-state index contributed by atoms with van der Waals surface area (Å²) in [5.41, 5.74) is 1.48. The number of carbonyl (C=O) groups is 1. The maximum Gasteiger partial charge on any atom is 0.347 e. The molecule has 2 rings (SSSR count). The molecule has 1 N–H and O–H groups in total. The van der Waals surface area contributed by atoms with Crippen molar-refractivity contribution < 1.29 is 14.6 Å². The maximum absolute atomic E-state index is 11.1. The summed E-state index contributed by atoms with van der Waals surface area (Å²) in [4.78, 5) is 15.9. The Hall–Kier alpha value is -1.88. The van der Waals surface area contributed by atoms with Gasteiger partial charge >= 0.3 is 5.97 Å². The van der Waals surface area contributed by atoms with Gasteiger partial charge in [-0.2, -0.15) is 0 Å². The molecule has 1 heterocycles. The lowest BCUT2D eigenvalue weighted by molar-refractivity contribution is 0.0701. The Kier molecular flexibility index (Phi) is 4.86. The molecule has 5 heteroatoms. The van der Waals surface area contributed by atoms with Crippen molar-refractivity contribution in [1.82, 2.24) is 4.98 Å². The van der Waals surface area contributed by atoms with Crippen molar-refractivity contribution in [2.24, 2.45) is 0 Å². The molecular weight excluding hydrogens is 298 g/mol. The first-order chi connectivity index (χ1) is 10.3. The average molecular weight is 319 g/mol. The molecule has 1 aromatic heterocycles. The van der Waals surface area contributed by atoms with E-state index >= 15 is 0 Å². The topological polar surface area (TPSA) is 59.4 Å². The second kappa shape index (κ2) is 6.48. The molecule has 0 aliphatic carbocycles. The van der Waals surface area contributed by atoms with Crippen LogP contribution in [-0.2, 0) is 5.41 Å². The van der Waals surface area contributed by atoms with Gasteiger partial charge in [-0.3, -0.25) is 0 Å². The Morgan fingerprint density at radius 3 is 2.59 bits per heavy atom. The molecule has 0 fully saturated rings. The van der Waals surface area contributed by atoms with Gasteiger partial charge in [0.2, 0.25) is 0 Å². The van der Waals surface area contributed by atoms with Gasteiger partial charge in [-0.1, -0.05) is 32.0 Å². The molecule has 0 atom stereocenters. The van der Waals surface area contributed by atoms with Crippen LogP contribution >= 0.6 is 11.3 Å². The summed E-state index contributed by atoms with van der Waals surface area (Å²) >= 11 is 1.26. The summed E-state index contributed by atoms with van der Waals surface area (Å²) in [5, 5.41) is 9.99. The lowest BCUT2D eigenvalue weighted by Crippen LogP contribution is -2.20. The van der Waals surface area contributed by atoms with Crippen LogP contribution < -0.4 is 4.74 Å². The number of benzene rings is 1. The van der Waals surface area contributed by atoms with E-state index in [1.807, 2.05) is 31.2 Å². The molecule has 0 amide bonds. The number of carboxylic acids is 1. The number of hydrogen-bond donors (Lipinski definition) is 1. The van der Waals surface area contributed by atoms with E-state index in [2.05, 4.69) is 18.8 Å². The van der Waals surface area contributed by atoms with Crippen LogP contribution in [0.15, 0.2) is 24.3 Å². The predicted octanol–water partition coefficient (Wildman–Crippen LogP) is 4.20. The van der Waals surface area contributed by atoms with Gasteiger partial charge in [0.1, 0.15) is 10.6 Å². The molecule has 0 saturated heterocycles. The molecule has 0 radical (unpaired) electrons. The summed E-state index contributed by atoms with van der Waals surface area (Å²) in [6.07, 6.45) is 0.771. The molecule has 0 unspecified atom stereocenters. The number of hydrogen-bond acceptors (Lipinski definition) is 4. The Bertz CT molecular complexity index is 676. The van der Waals surface area contributed by atoms with Crippen molar-refractivity contribution in [1.29, 1.82) is 0 Å². The number of aromatic nitrogens is 1. The summed E-state index contributed by atoms with van der Waals surface area (Å²) in [5.74, 6) is -0.0203. The minimum Gasteiger partial charge on any atom is -0.493 e. The summed E-state index contributed by atoms with van der Waals surface area (Å²) < 4.78 is 5.84. The SMILES string of the molecule is Cc1ccccc1OCCC(C)(C)c1nc(C)c(C(=O)O)s1. The lowest BCUT2D eigenvalue weighted by Gasteiger charge is -2.22. The van der Waals surface area contributed by atoms with Crippen LogP contribution in [0.5, 0.6) is 5.75 Å². The first kappa shape index (κ1) is 16.5. The Balaban J connectivity index is 2.03. The fraction of sp³-hybridized carbons (Fsp3) is 0.412. The molecule has 0 saturated carbocycles. The number of aryl methyl sites for hydroxylation is 2. The van der Waals surface area contributed by atoms with Crippen LogP contribution in [0.1, 0.15) is 46.2 Å². The largest absolute Gasteiger partial charge is 0.493 e. The van der Waals surface area contributed by atoms with Gasteiger partial charge in [0.15, 0.2) is 0 Å². The summed E-state index contributed by atoms with van der Waals surface area (Å²) in [6, 6.07) is 7.91. The van der Waals surface area contributed by atoms with Gasteiger partial charge in [-0.05, 0) is 31.9 Å². The van der Waals surface area contributed by atoms with E-state index in [9.17, 15) is 4.79 Å². The first-order valence-electron chi connectivity index (χ1n) is 7.21. The fourth-order valence-corrected chi connectivity index (χ4v) is 3.16. The Labute approximate surface area is 134 Å². The molecule has 1 aromatic carbocycles. The van der Waals surface area contributed by atoms with Crippen molar-refractivity contribution in [3.63, 3.8) is 0 Å². The van der Waals surface area contributed by atoms with Crippen LogP contribution in [0.2, 0.25) is 0 Å². The van der Waals surface area contributed by atoms with Crippen molar-refractivity contribution in [3.8, 4) is 5.75 Å². The summed E-state index contributed by atoms with van der Waals surface area (Å²) in [6.45, 7) is 8.46. The van der Waals surface area contributed by atoms with Gasteiger partial charge in [0.05, 0.1) is 17.3 Å². The lowest BCUT2D eigenvalue weighted by atomic mass is 9.90. The van der Waals surface area contributed by atoms with Crippen LogP contribution in [0.4, 0.5) is 0 Å². The Morgan fingerprint density at radius 2 is 2.00 bits per heavy atom. The highest BCUT2D eigenvalue weighted by atomic mass is 32.1. The number of carboxylic acid groups (broad SMARTS) is 1. The minimum absolute atomic E-state index is 0.216. The number of ether oxygens (including phenoxy) is 1. The van der Waals surface area contributed by atoms with E-state index in [4.69, 9.17) is 9.84 Å². The molecular formula is C17H21NO3S. The third-order valence-corrected chi connectivity index (χ3v) is 5.16. The zero-order chi connectivity index (χ0) is 16.3. The van der Waals surface area contributed by atoms with Crippen molar-refractivity contribution in [2.45, 2.75) is 39.5 Å². The van der Waals surface area contributed by atoms with Gasteiger partial charge < -0.3 is 9.84 Å². The maximum atomic E-state index is 11.1. The van der Waals surface area contributed by atoms with Gasteiger partial charge in [0, 0.05) is 5.41 Å². The van der Waals surface area contributed by atoms with E-state index in [-0.39, 0.29) is 5.41 Å². The standard InChI is InChI=1S/C17H21NO3S/c1-11-7-5-6-8-13(11)21-10-9-17(3,4)16-18-12(2)14(22-16)15(19)20/h5-8H,9-10H2,1-4H3,(H,19,20). The number of aromatic carboxylic acids is 1. The average Bonchev–Trinajstić information content (AvgIpc) is 2.84. The zero-order valence-electron chi connectivity index (χ0n) is 13.3. The number of rotatable bonds is 6. The van der Waals surface area contributed by atoms with Gasteiger partial charge in [-0.15, -0.1) is 11.3 Å². The van der Waals surface area contributed by atoms with E-state index in [1.165, 1.54) is 11.3 Å². The van der Waals surface area contributed by atoms with Crippen LogP contribution in [0, 0.1) is 13.8 Å². The highest BCUT2D eigenvalue weighted by molar-refractivity contribution is 7.13. The smallest absolute Gasteiger partial charge is 0.347 e. The molecule has 118 valence electrons. The van der Waals surface area contributed by atoms with Crippen molar-refractivity contribution in [3.05, 3.63) is 45.4 Å². The van der Waals surface area contributed by atoms with Crippen molar-refractivity contribution >= 4 is 17.3 Å². The quantitative estimate of drug-likeness (QED) is 0.866. The summed E-state index contributed by atoms with van der Waals surface area (Å²) in [7, 11) is 0. The number of nitrogens with zero attached hydrogens (tertiary/aromatic N) is 1. The second-order valence-electron chi connectivity index (χ2n) is 5.99. The third-order valence-electron chi connectivity index (χ3n) is 3.65. The van der Waals surface area contributed by atoms with E-state index < -0.39 is 5.97 Å². The van der Waals surface area contributed by atoms with Crippen LogP contribution in [0.3, 0.4) is 0 Å². The molecule has 2 aromatic rings. The molecule has 4 nitrogen and oxygen atoms in total. The van der Waals surface area contributed by atoms with Crippen molar-refractivity contribution in [2.75, 3.05) is 6.61 Å². The van der Waals surface area contributed by atoms with Crippen LogP contribution in [-0.4, -0.2) is 22.7 Å². The van der Waals surface area contributed by atoms with Gasteiger partial charge in [0.25, 0.3) is 0 Å². The number of para-hydroxylation sites is 1. The molecule has 0 aliphatic heterocycles. The Morgan fingerprint density at radius 1 is 1.32 bits per heavy atom. The number of thiazole rings is 1. The molecule has 0 spiro atoms. The van der Waals surface area contributed by atoms with E-state index in [1.54, 1.807) is 6.92 Å². The van der Waals surface area contributed by atoms with E-state index in [0.717, 1.165) is 22.7 Å². The molecule has 0 aliphatic rings. The monoisotopic (exact) mass is 319 g/mol. The third kappa shape index (κ3) is 3.65. The molecule has 0 bridgehead atoms. The normalized spacial score (nSPS) is 11.5. The zero-order valence-corrected chi connectivity index (χ0v) is 14.2. The highest BCUT2D eigenvalue weighted by Crippen LogP contribution is 2.32. The first-order valence-corrected chi connectivity index (χ1v) is 8.02. The highest BCUT2D eigenvalue weighted by Gasteiger charge is 2.27. The van der Waals surface area contributed by atoms with E-state index in [0.29, 0.717) is 17.2 Å².